The number of ether oxygens (including phenoxy) is 3. The van der Waals surface area contributed by atoms with Crippen LogP contribution in [0.3, 0.4) is 0 Å². The summed E-state index contributed by atoms with van der Waals surface area (Å²) >= 11 is 0. The first-order valence-corrected chi connectivity index (χ1v) is 14.3. The normalized spacial score (nSPS) is 32.0. The molecule has 1 aliphatic heterocycles. The summed E-state index contributed by atoms with van der Waals surface area (Å²) in [6.45, 7) is 4.40. The van der Waals surface area contributed by atoms with Crippen LogP contribution < -0.4 is 5.32 Å². The maximum absolute atomic E-state index is 14.1. The summed E-state index contributed by atoms with van der Waals surface area (Å²) in [6.07, 6.45) is -2.06. The van der Waals surface area contributed by atoms with Gasteiger partial charge < -0.3 is 34.8 Å². The number of cyclic esters (lactones) is 1. The summed E-state index contributed by atoms with van der Waals surface area (Å²) in [5, 5.41) is 34.9. The first-order chi connectivity index (χ1) is 20.8. The Balaban J connectivity index is 1.67. The molecule has 4 N–H and O–H groups in total. The van der Waals surface area contributed by atoms with E-state index in [1.807, 2.05) is 0 Å². The maximum Gasteiger partial charge on any atom is 0.340 e. The lowest BCUT2D eigenvalue weighted by Gasteiger charge is -2.53. The quantitative estimate of drug-likeness (QED) is 0.249. The zero-order chi connectivity index (χ0) is 32.1. The molecule has 2 unspecified atom stereocenters. The Morgan fingerprint density at radius 2 is 1.86 bits per heavy atom. The number of hydrogen-bond acceptors (Lipinski definition) is 11. The molecule has 3 aliphatic carbocycles. The van der Waals surface area contributed by atoms with Crippen molar-refractivity contribution < 1.29 is 53.5 Å². The Morgan fingerprint density at radius 3 is 2.48 bits per heavy atom. The molecule has 7 atom stereocenters. The lowest BCUT2D eigenvalue weighted by Crippen LogP contribution is -2.57. The fourth-order valence-electron chi connectivity index (χ4n) is 7.41. The molecule has 44 heavy (non-hydrogen) atoms. The van der Waals surface area contributed by atoms with Gasteiger partial charge in [0.1, 0.15) is 24.1 Å². The number of benzene rings is 1. The van der Waals surface area contributed by atoms with E-state index in [-0.39, 0.29) is 42.0 Å². The van der Waals surface area contributed by atoms with E-state index in [1.165, 1.54) is 14.0 Å². The number of carboxylic acid groups (broad SMARTS) is 1. The highest BCUT2D eigenvalue weighted by Crippen LogP contribution is 2.62. The van der Waals surface area contributed by atoms with E-state index < -0.39 is 70.6 Å². The van der Waals surface area contributed by atoms with Gasteiger partial charge in [0.05, 0.1) is 17.6 Å². The second-order valence-corrected chi connectivity index (χ2v) is 12.1. The average molecular weight is 610 g/mol. The minimum Gasteiger partial charge on any atom is -0.504 e. The number of hydrogen-bond donors (Lipinski definition) is 4. The standard InChI is InChI=1S/C32H35NO11/c1-15(34)43-19-12-31(2)18(10-11-20(31)35)22-24(19)32(3)21(14-42-4)44-30(41)17(23(32)28(38)27(22)37)13-33-25(29(39)40)26(36)16-8-6-5-7-9-16/h5-9,13,18-19,21,25-26,33,36,38H,10-12,14H2,1-4H3,(H,39,40)/b17-13-/t18-,19+,21+,25?,26?,31-,32-/m0/s1. The molecule has 234 valence electrons. The van der Waals surface area contributed by atoms with Crippen molar-refractivity contribution in [1.29, 1.82) is 0 Å². The van der Waals surface area contributed by atoms with Crippen LogP contribution in [-0.4, -0.2) is 76.8 Å². The highest BCUT2D eigenvalue weighted by Gasteiger charge is 2.64. The molecular formula is C32H35NO11. The molecule has 1 aromatic rings. The monoisotopic (exact) mass is 609 g/mol. The summed E-state index contributed by atoms with van der Waals surface area (Å²) < 4.78 is 16.9. The van der Waals surface area contributed by atoms with Crippen molar-refractivity contribution in [2.24, 2.45) is 16.7 Å². The summed E-state index contributed by atoms with van der Waals surface area (Å²) in [5.74, 6) is -5.30. The Morgan fingerprint density at radius 1 is 1.18 bits per heavy atom. The van der Waals surface area contributed by atoms with Crippen LogP contribution in [-0.2, 0) is 38.2 Å². The van der Waals surface area contributed by atoms with Crippen molar-refractivity contribution in [2.45, 2.75) is 64.4 Å². The molecule has 0 amide bonds. The van der Waals surface area contributed by atoms with Crippen molar-refractivity contribution in [1.82, 2.24) is 5.32 Å². The third-order valence-electron chi connectivity index (χ3n) is 9.55. The van der Waals surface area contributed by atoms with Gasteiger partial charge in [0.15, 0.2) is 11.8 Å². The average Bonchev–Trinajstić information content (AvgIpc) is 3.26. The topological polar surface area (TPSA) is 186 Å². The Labute approximate surface area is 253 Å². The summed E-state index contributed by atoms with van der Waals surface area (Å²) in [7, 11) is 1.39. The van der Waals surface area contributed by atoms with E-state index in [4.69, 9.17) is 14.2 Å². The molecule has 12 nitrogen and oxygen atoms in total. The molecule has 12 heteroatoms. The fourth-order valence-corrected chi connectivity index (χ4v) is 7.41. The number of rotatable bonds is 8. The molecule has 1 saturated heterocycles. The van der Waals surface area contributed by atoms with Gasteiger partial charge in [-0.15, -0.1) is 0 Å². The molecule has 0 radical (unpaired) electrons. The van der Waals surface area contributed by atoms with Gasteiger partial charge in [0.25, 0.3) is 0 Å². The van der Waals surface area contributed by atoms with E-state index in [0.717, 1.165) is 6.20 Å². The van der Waals surface area contributed by atoms with E-state index >= 15 is 0 Å². The number of nitrogens with one attached hydrogen (secondary N) is 1. The second-order valence-electron chi connectivity index (χ2n) is 12.1. The van der Waals surface area contributed by atoms with Gasteiger partial charge in [0.2, 0.25) is 5.78 Å². The smallest absolute Gasteiger partial charge is 0.340 e. The number of allylic oxidation sites excluding steroid dienone is 1. The SMILES string of the molecule is COC[C@H]1OC(=O)/C(=C\NC(C(=O)O)C(O)c2ccccc2)C2=C(O)C(=O)C3=C([C@H](OC(C)=O)C[C@]4(C)C(=O)CC[C@@H]34)[C@]21C. The van der Waals surface area contributed by atoms with Crippen molar-refractivity contribution >= 4 is 29.5 Å². The summed E-state index contributed by atoms with van der Waals surface area (Å²) in [4.78, 5) is 65.1. The molecule has 5 rings (SSSR count). The molecule has 0 spiro atoms. The van der Waals surface area contributed by atoms with Crippen LogP contribution in [0.4, 0.5) is 0 Å². The predicted molar refractivity (Wildman–Crippen MR) is 152 cm³/mol. The van der Waals surface area contributed by atoms with Gasteiger partial charge in [0, 0.05) is 55.6 Å². The van der Waals surface area contributed by atoms with E-state index in [2.05, 4.69) is 5.32 Å². The number of carboxylic acids is 1. The molecule has 4 aliphatic rings. The molecular weight excluding hydrogens is 574 g/mol. The van der Waals surface area contributed by atoms with Crippen molar-refractivity contribution in [2.75, 3.05) is 13.7 Å². The van der Waals surface area contributed by atoms with Crippen molar-refractivity contribution in [3.05, 3.63) is 70.1 Å². The predicted octanol–water partition coefficient (Wildman–Crippen LogP) is 2.24. The number of carbonyl (C=O) groups is 5. The number of carbonyl (C=O) groups excluding carboxylic acids is 4. The Bertz CT molecular complexity index is 1530. The number of ketones is 2. The second kappa shape index (κ2) is 11.3. The third kappa shape index (κ3) is 4.72. The third-order valence-corrected chi connectivity index (χ3v) is 9.55. The Kier molecular flexibility index (Phi) is 8.02. The van der Waals surface area contributed by atoms with Gasteiger partial charge >= 0.3 is 17.9 Å². The summed E-state index contributed by atoms with van der Waals surface area (Å²) in [6, 6.07) is 6.41. The zero-order valence-electron chi connectivity index (χ0n) is 24.8. The molecule has 1 heterocycles. The maximum atomic E-state index is 14.1. The number of aliphatic carboxylic acids is 1. The van der Waals surface area contributed by atoms with E-state index in [9.17, 15) is 39.3 Å². The molecule has 0 aromatic heterocycles. The lowest BCUT2D eigenvalue weighted by molar-refractivity contribution is -0.160. The first-order valence-electron chi connectivity index (χ1n) is 14.3. The fraction of sp³-hybridized carbons (Fsp3) is 0.469. The van der Waals surface area contributed by atoms with Gasteiger partial charge in [-0.2, -0.15) is 0 Å². The number of aliphatic hydroxyl groups excluding tert-OH is 2. The molecule has 0 bridgehead atoms. The van der Waals surface area contributed by atoms with Gasteiger partial charge in [-0.25, -0.2) is 9.59 Å². The first kappa shape index (κ1) is 31.1. The van der Waals surface area contributed by atoms with E-state index in [0.29, 0.717) is 17.6 Å². The van der Waals surface area contributed by atoms with Gasteiger partial charge in [-0.05, 0) is 24.5 Å². The highest BCUT2D eigenvalue weighted by molar-refractivity contribution is 6.14. The molecule has 1 aromatic carbocycles. The zero-order valence-corrected chi connectivity index (χ0v) is 24.8. The largest absolute Gasteiger partial charge is 0.504 e. The number of methoxy groups -OCH3 is 1. The number of esters is 2. The Hall–Kier alpha value is -4.29. The van der Waals surface area contributed by atoms with Crippen LogP contribution in [0.1, 0.15) is 51.7 Å². The lowest BCUT2D eigenvalue weighted by atomic mass is 9.53. The van der Waals surface area contributed by atoms with Crippen LogP contribution in [0, 0.1) is 16.7 Å². The van der Waals surface area contributed by atoms with Crippen LogP contribution in [0.25, 0.3) is 0 Å². The highest BCUT2D eigenvalue weighted by atomic mass is 16.6. The van der Waals surface area contributed by atoms with Crippen molar-refractivity contribution in [3.63, 3.8) is 0 Å². The molecule has 1 saturated carbocycles. The number of aliphatic hydroxyl groups is 2. The van der Waals surface area contributed by atoms with Crippen LogP contribution in [0.2, 0.25) is 0 Å². The van der Waals surface area contributed by atoms with Crippen LogP contribution in [0.15, 0.2) is 64.6 Å². The number of Topliss-reactive ketones (excluding diaryl/α,β-unsaturated/α-hetero) is 2. The van der Waals surface area contributed by atoms with Crippen molar-refractivity contribution in [3.8, 4) is 0 Å². The summed E-state index contributed by atoms with van der Waals surface area (Å²) in [5.41, 5.74) is -2.26. The molecule has 2 fully saturated rings. The van der Waals surface area contributed by atoms with Crippen LogP contribution in [0.5, 0.6) is 0 Å². The van der Waals surface area contributed by atoms with Gasteiger partial charge in [-0.3, -0.25) is 14.4 Å². The minimum atomic E-state index is -1.63. The minimum absolute atomic E-state index is 0.0802. The van der Waals surface area contributed by atoms with E-state index in [1.54, 1.807) is 44.2 Å². The van der Waals surface area contributed by atoms with Crippen LogP contribution >= 0.6 is 0 Å². The van der Waals surface area contributed by atoms with Gasteiger partial charge in [-0.1, -0.05) is 37.3 Å². The number of fused-ring (bicyclic) bond motifs is 4.